The van der Waals surface area contributed by atoms with Crippen molar-refractivity contribution in [1.82, 2.24) is 9.55 Å². The Bertz CT molecular complexity index is 694. The molecule has 2 heterocycles. The fourth-order valence-electron chi connectivity index (χ4n) is 1.60. The second-order valence-electron chi connectivity index (χ2n) is 3.65. The molecular formula is C10H10N2O4S. The maximum atomic E-state index is 12.0. The molecule has 2 rings (SSSR count). The van der Waals surface area contributed by atoms with E-state index >= 15 is 0 Å². The van der Waals surface area contributed by atoms with E-state index < -0.39 is 17.2 Å². The number of aliphatic carboxylic acids is 1. The molecule has 0 spiro atoms. The lowest BCUT2D eigenvalue weighted by molar-refractivity contribution is -0.137. The standard InChI is InChI=1S/C10H10N2O4S/c1-5-4-17-8-7(5)9(15)12(10(16)11-8)3-2-6(13)14/h4H,2-3H2,1H3,(H,11,16)(H,13,14). The molecule has 0 aliphatic rings. The van der Waals surface area contributed by atoms with Crippen molar-refractivity contribution in [2.45, 2.75) is 19.9 Å². The van der Waals surface area contributed by atoms with Gasteiger partial charge in [0.25, 0.3) is 5.56 Å². The van der Waals surface area contributed by atoms with E-state index in [2.05, 4.69) is 4.98 Å². The number of H-pyrrole nitrogens is 1. The van der Waals surface area contributed by atoms with Gasteiger partial charge in [-0.05, 0) is 17.9 Å². The van der Waals surface area contributed by atoms with Crippen molar-refractivity contribution in [1.29, 1.82) is 0 Å². The van der Waals surface area contributed by atoms with Crippen molar-refractivity contribution < 1.29 is 9.90 Å². The van der Waals surface area contributed by atoms with Crippen LogP contribution in [-0.2, 0) is 11.3 Å². The van der Waals surface area contributed by atoms with Gasteiger partial charge in [-0.2, -0.15) is 0 Å². The number of carboxylic acids is 1. The van der Waals surface area contributed by atoms with Crippen LogP contribution >= 0.6 is 11.3 Å². The van der Waals surface area contributed by atoms with Gasteiger partial charge in [0.2, 0.25) is 0 Å². The molecule has 0 unspecified atom stereocenters. The van der Waals surface area contributed by atoms with Gasteiger partial charge in [0, 0.05) is 6.54 Å². The average Bonchev–Trinajstić information content (AvgIpc) is 2.59. The summed E-state index contributed by atoms with van der Waals surface area (Å²) in [5.74, 6) is -1.04. The summed E-state index contributed by atoms with van der Waals surface area (Å²) < 4.78 is 0.927. The predicted octanol–water partition coefficient (Wildman–Crippen LogP) is 0.534. The molecule has 0 aliphatic heterocycles. The summed E-state index contributed by atoms with van der Waals surface area (Å²) >= 11 is 1.29. The first kappa shape index (κ1) is 11.6. The Morgan fingerprint density at radius 3 is 2.88 bits per heavy atom. The van der Waals surface area contributed by atoms with Crippen LogP contribution < -0.4 is 11.2 Å². The Morgan fingerprint density at radius 2 is 2.24 bits per heavy atom. The molecule has 0 saturated carbocycles. The van der Waals surface area contributed by atoms with Gasteiger partial charge in [-0.25, -0.2) is 4.79 Å². The molecule has 2 aromatic rings. The van der Waals surface area contributed by atoms with Gasteiger partial charge in [-0.15, -0.1) is 11.3 Å². The number of fused-ring (bicyclic) bond motifs is 1. The lowest BCUT2D eigenvalue weighted by Gasteiger charge is -2.02. The second kappa shape index (κ2) is 4.17. The van der Waals surface area contributed by atoms with Gasteiger partial charge in [-0.3, -0.25) is 19.1 Å². The number of hydrogen-bond acceptors (Lipinski definition) is 4. The highest BCUT2D eigenvalue weighted by Crippen LogP contribution is 2.18. The average molecular weight is 254 g/mol. The van der Waals surface area contributed by atoms with Gasteiger partial charge in [0.1, 0.15) is 4.83 Å². The zero-order chi connectivity index (χ0) is 12.6. The molecule has 0 bridgehead atoms. The van der Waals surface area contributed by atoms with E-state index in [-0.39, 0.29) is 13.0 Å². The van der Waals surface area contributed by atoms with Crippen LogP contribution in [0.1, 0.15) is 12.0 Å². The van der Waals surface area contributed by atoms with Crippen molar-refractivity contribution in [3.05, 3.63) is 31.8 Å². The third-order valence-corrected chi connectivity index (χ3v) is 3.46. The monoisotopic (exact) mass is 254 g/mol. The highest BCUT2D eigenvalue weighted by molar-refractivity contribution is 7.16. The van der Waals surface area contributed by atoms with E-state index in [1.807, 2.05) is 0 Å². The maximum Gasteiger partial charge on any atom is 0.329 e. The van der Waals surface area contributed by atoms with E-state index in [1.54, 1.807) is 12.3 Å². The van der Waals surface area contributed by atoms with Crippen molar-refractivity contribution in [2.75, 3.05) is 0 Å². The van der Waals surface area contributed by atoms with Gasteiger partial charge in [-0.1, -0.05) is 0 Å². The summed E-state index contributed by atoms with van der Waals surface area (Å²) in [6, 6.07) is 0. The third-order valence-electron chi connectivity index (χ3n) is 2.45. The number of nitrogens with zero attached hydrogens (tertiary/aromatic N) is 1. The van der Waals surface area contributed by atoms with Crippen LogP contribution in [-0.4, -0.2) is 20.6 Å². The van der Waals surface area contributed by atoms with Crippen molar-refractivity contribution in [2.24, 2.45) is 0 Å². The normalized spacial score (nSPS) is 10.9. The largest absolute Gasteiger partial charge is 0.481 e. The van der Waals surface area contributed by atoms with Crippen LogP contribution in [0.3, 0.4) is 0 Å². The van der Waals surface area contributed by atoms with E-state index in [0.717, 1.165) is 10.1 Å². The molecule has 7 heteroatoms. The fourth-order valence-corrected chi connectivity index (χ4v) is 2.53. The van der Waals surface area contributed by atoms with Crippen LogP contribution in [0.5, 0.6) is 0 Å². The van der Waals surface area contributed by atoms with E-state index in [1.165, 1.54) is 11.3 Å². The first-order valence-electron chi connectivity index (χ1n) is 4.93. The number of aromatic amines is 1. The summed E-state index contributed by atoms with van der Waals surface area (Å²) in [6.45, 7) is 1.66. The number of thiophene rings is 1. The van der Waals surface area contributed by atoms with E-state index in [0.29, 0.717) is 10.2 Å². The zero-order valence-electron chi connectivity index (χ0n) is 9.02. The maximum absolute atomic E-state index is 12.0. The van der Waals surface area contributed by atoms with Crippen LogP contribution in [0.4, 0.5) is 0 Å². The molecule has 0 aliphatic carbocycles. The lowest BCUT2D eigenvalue weighted by Crippen LogP contribution is -2.35. The molecule has 17 heavy (non-hydrogen) atoms. The first-order chi connectivity index (χ1) is 8.00. The van der Waals surface area contributed by atoms with E-state index in [4.69, 9.17) is 5.11 Å². The number of carbonyl (C=O) groups is 1. The Hall–Kier alpha value is -1.89. The Kier molecular flexibility index (Phi) is 2.84. The molecule has 0 radical (unpaired) electrons. The zero-order valence-corrected chi connectivity index (χ0v) is 9.84. The molecule has 0 fully saturated rings. The molecular weight excluding hydrogens is 244 g/mol. The molecule has 2 aromatic heterocycles. The second-order valence-corrected chi connectivity index (χ2v) is 4.53. The first-order valence-corrected chi connectivity index (χ1v) is 5.81. The van der Waals surface area contributed by atoms with Gasteiger partial charge in [0.05, 0.1) is 11.8 Å². The van der Waals surface area contributed by atoms with Gasteiger partial charge in [0.15, 0.2) is 0 Å². The highest BCUT2D eigenvalue weighted by atomic mass is 32.1. The fraction of sp³-hybridized carbons (Fsp3) is 0.300. The molecule has 0 aromatic carbocycles. The minimum absolute atomic E-state index is 0.116. The minimum Gasteiger partial charge on any atom is -0.481 e. The minimum atomic E-state index is -1.04. The number of aromatic nitrogens is 2. The Morgan fingerprint density at radius 1 is 1.53 bits per heavy atom. The van der Waals surface area contributed by atoms with Gasteiger partial charge >= 0.3 is 11.7 Å². The summed E-state index contributed by atoms with van der Waals surface area (Å²) in [5.41, 5.74) is -0.204. The van der Waals surface area contributed by atoms with E-state index in [9.17, 15) is 14.4 Å². The number of aryl methyl sites for hydroxylation is 1. The smallest absolute Gasteiger partial charge is 0.329 e. The Labute approximate surface area is 99.1 Å². The van der Waals surface area contributed by atoms with Gasteiger partial charge < -0.3 is 5.11 Å². The Balaban J connectivity index is 2.63. The molecule has 90 valence electrons. The summed E-state index contributed by atoms with van der Waals surface area (Å²) in [7, 11) is 0. The summed E-state index contributed by atoms with van der Waals surface area (Å²) in [5, 5.41) is 10.8. The van der Waals surface area contributed by atoms with Crippen molar-refractivity contribution in [3.8, 4) is 0 Å². The van der Waals surface area contributed by atoms with Crippen molar-refractivity contribution >= 4 is 27.5 Å². The number of carboxylic acid groups (broad SMARTS) is 1. The summed E-state index contributed by atoms with van der Waals surface area (Å²) in [6.07, 6.45) is -0.252. The molecule has 0 saturated heterocycles. The summed E-state index contributed by atoms with van der Waals surface area (Å²) in [4.78, 5) is 37.2. The molecule has 0 atom stereocenters. The third kappa shape index (κ3) is 2.01. The molecule has 0 amide bonds. The quantitative estimate of drug-likeness (QED) is 0.835. The van der Waals surface area contributed by atoms with Crippen molar-refractivity contribution in [3.63, 3.8) is 0 Å². The SMILES string of the molecule is Cc1csc2[nH]c(=O)n(CCC(=O)O)c(=O)c12. The van der Waals surface area contributed by atoms with Crippen LogP contribution in [0, 0.1) is 6.92 Å². The molecule has 6 nitrogen and oxygen atoms in total. The predicted molar refractivity (Wildman–Crippen MR) is 63.7 cm³/mol. The topological polar surface area (TPSA) is 92.2 Å². The lowest BCUT2D eigenvalue weighted by atomic mass is 10.3. The number of hydrogen-bond donors (Lipinski definition) is 2. The van der Waals surface area contributed by atoms with Crippen LogP contribution in [0.25, 0.3) is 10.2 Å². The number of rotatable bonds is 3. The number of nitrogens with one attached hydrogen (secondary N) is 1. The van der Waals surface area contributed by atoms with Crippen LogP contribution in [0.15, 0.2) is 15.0 Å². The highest BCUT2D eigenvalue weighted by Gasteiger charge is 2.11. The van der Waals surface area contributed by atoms with Crippen LogP contribution in [0.2, 0.25) is 0 Å². The molecule has 2 N–H and O–H groups in total.